The third-order valence-corrected chi connectivity index (χ3v) is 3.98. The summed E-state index contributed by atoms with van der Waals surface area (Å²) in [6, 6.07) is 13.5. The molecule has 1 aliphatic heterocycles. The molecule has 1 aromatic heterocycles. The topological polar surface area (TPSA) is 42.4 Å². The number of amides is 1. The summed E-state index contributed by atoms with van der Waals surface area (Å²) in [5.74, 6) is 0.572. The van der Waals surface area contributed by atoms with Gasteiger partial charge in [0.15, 0.2) is 0 Å². The minimum absolute atomic E-state index is 0.000255. The summed E-state index contributed by atoms with van der Waals surface area (Å²) in [5.41, 5.74) is 1.02. The molecule has 0 aliphatic carbocycles. The summed E-state index contributed by atoms with van der Waals surface area (Å²) < 4.78 is 6.57. The zero-order valence-corrected chi connectivity index (χ0v) is 13.4. The predicted octanol–water partition coefficient (Wildman–Crippen LogP) is 3.15. The van der Waals surface area contributed by atoms with Crippen molar-refractivity contribution in [2.75, 3.05) is 13.1 Å². The Bertz CT molecular complexity index is 682. The van der Waals surface area contributed by atoms with E-state index in [4.69, 9.17) is 4.74 Å². The first-order valence-electron chi connectivity index (χ1n) is 7.01. The van der Waals surface area contributed by atoms with E-state index in [9.17, 15) is 4.79 Å². The van der Waals surface area contributed by atoms with Crippen LogP contribution in [0.4, 0.5) is 0 Å². The molecule has 0 saturated carbocycles. The maximum Gasteiger partial charge on any atom is 0.246 e. The van der Waals surface area contributed by atoms with Gasteiger partial charge in [-0.2, -0.15) is 0 Å². The van der Waals surface area contributed by atoms with Gasteiger partial charge in [-0.05, 0) is 39.7 Å². The van der Waals surface area contributed by atoms with E-state index < -0.39 is 0 Å². The number of hydrogen-bond donors (Lipinski definition) is 0. The molecule has 2 aromatic rings. The summed E-state index contributed by atoms with van der Waals surface area (Å²) in [6.07, 6.45) is 5.11. The first-order valence-corrected chi connectivity index (χ1v) is 7.81. The third-order valence-electron chi connectivity index (χ3n) is 3.38. The first-order chi connectivity index (χ1) is 10.7. The van der Waals surface area contributed by atoms with Crippen molar-refractivity contribution >= 4 is 27.9 Å². The lowest BCUT2D eigenvalue weighted by atomic mass is 10.1. The van der Waals surface area contributed by atoms with Gasteiger partial charge in [0.2, 0.25) is 11.8 Å². The van der Waals surface area contributed by atoms with E-state index in [1.807, 2.05) is 48.5 Å². The molecule has 5 heteroatoms. The number of halogens is 1. The van der Waals surface area contributed by atoms with E-state index in [0.717, 1.165) is 10.0 Å². The molecular formula is C17H15BrN2O2. The van der Waals surface area contributed by atoms with Crippen molar-refractivity contribution in [3.8, 4) is 5.88 Å². The monoisotopic (exact) mass is 358 g/mol. The number of carbonyl (C=O) groups is 1. The summed E-state index contributed by atoms with van der Waals surface area (Å²) in [6.45, 7) is 1.17. The third kappa shape index (κ3) is 3.54. The van der Waals surface area contributed by atoms with Gasteiger partial charge in [0.05, 0.1) is 17.6 Å². The molecule has 1 amide bonds. The Morgan fingerprint density at radius 1 is 1.23 bits per heavy atom. The average molecular weight is 359 g/mol. The summed E-state index contributed by atoms with van der Waals surface area (Å²) >= 11 is 3.39. The summed E-state index contributed by atoms with van der Waals surface area (Å²) in [4.78, 5) is 17.9. The molecule has 4 nitrogen and oxygen atoms in total. The van der Waals surface area contributed by atoms with Gasteiger partial charge in [0.25, 0.3) is 0 Å². The Kier molecular flexibility index (Phi) is 4.53. The van der Waals surface area contributed by atoms with Crippen molar-refractivity contribution < 1.29 is 9.53 Å². The normalized spacial score (nSPS) is 14.9. The average Bonchev–Trinajstić information content (AvgIpc) is 2.51. The molecule has 1 fully saturated rings. The molecule has 0 radical (unpaired) electrons. The Morgan fingerprint density at radius 2 is 2.00 bits per heavy atom. The SMILES string of the molecule is O=C(/C=C/c1ccccc1)N1CC(Oc2ncccc2Br)C1. The van der Waals surface area contributed by atoms with Crippen LogP contribution in [-0.2, 0) is 4.79 Å². The fraction of sp³-hybridized carbons (Fsp3) is 0.176. The van der Waals surface area contributed by atoms with Crippen LogP contribution >= 0.6 is 15.9 Å². The zero-order valence-electron chi connectivity index (χ0n) is 11.9. The fourth-order valence-corrected chi connectivity index (χ4v) is 2.49. The second kappa shape index (κ2) is 6.75. The van der Waals surface area contributed by atoms with Crippen LogP contribution in [0.5, 0.6) is 5.88 Å². The van der Waals surface area contributed by atoms with Crippen molar-refractivity contribution in [2.24, 2.45) is 0 Å². The number of rotatable bonds is 4. The Labute approximate surface area is 137 Å². The number of nitrogens with zero attached hydrogens (tertiary/aromatic N) is 2. The van der Waals surface area contributed by atoms with Crippen LogP contribution in [0.1, 0.15) is 5.56 Å². The Balaban J connectivity index is 1.50. The summed E-state index contributed by atoms with van der Waals surface area (Å²) in [7, 11) is 0. The molecule has 2 heterocycles. The Hall–Kier alpha value is -2.14. The number of aromatic nitrogens is 1. The second-order valence-corrected chi connectivity index (χ2v) is 5.87. The van der Waals surface area contributed by atoms with Crippen molar-refractivity contribution in [2.45, 2.75) is 6.10 Å². The van der Waals surface area contributed by atoms with Crippen LogP contribution in [0.15, 0.2) is 59.2 Å². The number of ether oxygens (including phenoxy) is 1. The fourth-order valence-electron chi connectivity index (χ4n) is 2.15. The van der Waals surface area contributed by atoms with Gasteiger partial charge in [0.1, 0.15) is 6.10 Å². The lowest BCUT2D eigenvalue weighted by Gasteiger charge is -2.38. The minimum atomic E-state index is 0.000255. The smallest absolute Gasteiger partial charge is 0.246 e. The molecule has 112 valence electrons. The molecule has 1 aromatic carbocycles. The standard InChI is InChI=1S/C17H15BrN2O2/c18-15-7-4-10-19-17(15)22-14-11-20(12-14)16(21)9-8-13-5-2-1-3-6-13/h1-10,14H,11-12H2/b9-8+. The quantitative estimate of drug-likeness (QED) is 0.788. The van der Waals surface area contributed by atoms with Gasteiger partial charge in [0, 0.05) is 12.3 Å². The summed E-state index contributed by atoms with van der Waals surface area (Å²) in [5, 5.41) is 0. The van der Waals surface area contributed by atoms with Crippen LogP contribution in [0.3, 0.4) is 0 Å². The molecule has 0 atom stereocenters. The molecule has 0 spiro atoms. The van der Waals surface area contributed by atoms with Gasteiger partial charge < -0.3 is 9.64 Å². The largest absolute Gasteiger partial charge is 0.470 e. The lowest BCUT2D eigenvalue weighted by Crippen LogP contribution is -2.55. The highest BCUT2D eigenvalue weighted by molar-refractivity contribution is 9.10. The van der Waals surface area contributed by atoms with E-state index in [1.54, 1.807) is 17.2 Å². The van der Waals surface area contributed by atoms with E-state index >= 15 is 0 Å². The highest BCUT2D eigenvalue weighted by Crippen LogP contribution is 2.24. The van der Waals surface area contributed by atoms with Crippen LogP contribution in [-0.4, -0.2) is 35.0 Å². The van der Waals surface area contributed by atoms with Crippen molar-refractivity contribution in [3.63, 3.8) is 0 Å². The van der Waals surface area contributed by atoms with E-state index in [-0.39, 0.29) is 12.0 Å². The van der Waals surface area contributed by atoms with Gasteiger partial charge in [-0.25, -0.2) is 4.98 Å². The highest BCUT2D eigenvalue weighted by Gasteiger charge is 2.31. The zero-order chi connectivity index (χ0) is 15.4. The molecule has 1 saturated heterocycles. The molecule has 0 N–H and O–H groups in total. The molecule has 1 aliphatic rings. The van der Waals surface area contributed by atoms with E-state index in [0.29, 0.717) is 19.0 Å². The van der Waals surface area contributed by atoms with Gasteiger partial charge in [-0.15, -0.1) is 0 Å². The number of carbonyl (C=O) groups excluding carboxylic acids is 1. The second-order valence-electron chi connectivity index (χ2n) is 5.02. The molecule has 22 heavy (non-hydrogen) atoms. The lowest BCUT2D eigenvalue weighted by molar-refractivity contribution is -0.134. The molecular weight excluding hydrogens is 344 g/mol. The molecule has 0 unspecified atom stereocenters. The van der Waals surface area contributed by atoms with Crippen LogP contribution < -0.4 is 4.74 Å². The molecule has 0 bridgehead atoms. The van der Waals surface area contributed by atoms with Crippen LogP contribution in [0, 0.1) is 0 Å². The number of hydrogen-bond acceptors (Lipinski definition) is 3. The van der Waals surface area contributed by atoms with Gasteiger partial charge >= 0.3 is 0 Å². The number of pyridine rings is 1. The number of benzene rings is 1. The van der Waals surface area contributed by atoms with Gasteiger partial charge in [-0.3, -0.25) is 4.79 Å². The van der Waals surface area contributed by atoms with Crippen LogP contribution in [0.25, 0.3) is 6.08 Å². The first kappa shape index (κ1) is 14.8. The van der Waals surface area contributed by atoms with Crippen LogP contribution in [0.2, 0.25) is 0 Å². The predicted molar refractivity (Wildman–Crippen MR) is 88.4 cm³/mol. The molecule has 3 rings (SSSR count). The highest BCUT2D eigenvalue weighted by atomic mass is 79.9. The Morgan fingerprint density at radius 3 is 2.73 bits per heavy atom. The maximum atomic E-state index is 12.0. The van der Waals surface area contributed by atoms with Gasteiger partial charge in [-0.1, -0.05) is 30.3 Å². The van der Waals surface area contributed by atoms with E-state index in [2.05, 4.69) is 20.9 Å². The minimum Gasteiger partial charge on any atom is -0.470 e. The van der Waals surface area contributed by atoms with Crippen molar-refractivity contribution in [1.29, 1.82) is 0 Å². The number of likely N-dealkylation sites (tertiary alicyclic amines) is 1. The maximum absolute atomic E-state index is 12.0. The van der Waals surface area contributed by atoms with Crippen molar-refractivity contribution in [3.05, 3.63) is 64.8 Å². The van der Waals surface area contributed by atoms with Crippen molar-refractivity contribution in [1.82, 2.24) is 9.88 Å². The van der Waals surface area contributed by atoms with E-state index in [1.165, 1.54) is 0 Å².